The first-order chi connectivity index (χ1) is 14.2. The third-order valence-electron chi connectivity index (χ3n) is 5.24. The van der Waals surface area contributed by atoms with Gasteiger partial charge in [-0.2, -0.15) is 0 Å². The first-order valence-electron chi connectivity index (χ1n) is 10.5. The molecular formula is C22H31N3O5. The van der Waals surface area contributed by atoms with Gasteiger partial charge in [-0.15, -0.1) is 0 Å². The summed E-state index contributed by atoms with van der Waals surface area (Å²) >= 11 is 0. The van der Waals surface area contributed by atoms with Crippen LogP contribution in [0.3, 0.4) is 0 Å². The van der Waals surface area contributed by atoms with Crippen LogP contribution in [-0.4, -0.2) is 77.7 Å². The van der Waals surface area contributed by atoms with Crippen molar-refractivity contribution >= 4 is 18.1 Å². The number of carbonyl (C=O) groups excluding carboxylic acids is 3. The molecular weight excluding hydrogens is 386 g/mol. The molecule has 164 valence electrons. The number of benzene rings is 1. The summed E-state index contributed by atoms with van der Waals surface area (Å²) in [5.41, 5.74) is 0.396. The van der Waals surface area contributed by atoms with Gasteiger partial charge in [0.25, 0.3) is 0 Å². The van der Waals surface area contributed by atoms with Gasteiger partial charge in [-0.05, 0) is 32.8 Å². The number of amides is 3. The minimum atomic E-state index is -0.535. The fraction of sp³-hybridized carbons (Fsp3) is 0.591. The van der Waals surface area contributed by atoms with Gasteiger partial charge in [-0.3, -0.25) is 4.79 Å². The number of ether oxygens (including phenoxy) is 2. The molecule has 0 spiro atoms. The smallest absolute Gasteiger partial charge is 0.410 e. The van der Waals surface area contributed by atoms with Crippen molar-refractivity contribution in [2.75, 3.05) is 39.3 Å². The van der Waals surface area contributed by atoms with Crippen molar-refractivity contribution in [1.82, 2.24) is 14.7 Å². The quantitative estimate of drug-likeness (QED) is 0.756. The summed E-state index contributed by atoms with van der Waals surface area (Å²) in [5.74, 6) is -0.181. The van der Waals surface area contributed by atoms with Crippen LogP contribution in [0.1, 0.15) is 32.8 Å². The lowest BCUT2D eigenvalue weighted by molar-refractivity contribution is -0.136. The highest BCUT2D eigenvalue weighted by atomic mass is 16.6. The standard InChI is InChI=1S/C22H31N3O5/c1-22(2,3)30-21(28)24-13-11-23(12-14-24)19(26)18-9-10-25(15-18)20(27)29-16-17-7-5-4-6-8-17/h4-8,18H,9-16H2,1-3H3. The maximum atomic E-state index is 12.9. The van der Waals surface area contributed by atoms with Crippen molar-refractivity contribution in [3.63, 3.8) is 0 Å². The van der Waals surface area contributed by atoms with E-state index >= 15 is 0 Å². The van der Waals surface area contributed by atoms with Crippen molar-refractivity contribution < 1.29 is 23.9 Å². The van der Waals surface area contributed by atoms with E-state index in [1.807, 2.05) is 51.1 Å². The molecule has 8 heteroatoms. The first kappa shape index (κ1) is 21.9. The van der Waals surface area contributed by atoms with Crippen LogP contribution in [0.2, 0.25) is 0 Å². The Balaban J connectivity index is 1.42. The first-order valence-corrected chi connectivity index (χ1v) is 10.5. The fourth-order valence-corrected chi connectivity index (χ4v) is 3.63. The van der Waals surface area contributed by atoms with Crippen LogP contribution >= 0.6 is 0 Å². The lowest BCUT2D eigenvalue weighted by Gasteiger charge is -2.36. The lowest BCUT2D eigenvalue weighted by Crippen LogP contribution is -2.53. The zero-order valence-electron chi connectivity index (χ0n) is 18.0. The Morgan fingerprint density at radius 3 is 2.17 bits per heavy atom. The molecule has 1 aromatic rings. The van der Waals surface area contributed by atoms with E-state index in [0.29, 0.717) is 45.7 Å². The molecule has 0 saturated carbocycles. The van der Waals surface area contributed by atoms with E-state index in [1.165, 1.54) is 0 Å². The molecule has 1 aromatic carbocycles. The van der Waals surface area contributed by atoms with Crippen LogP contribution in [0.4, 0.5) is 9.59 Å². The van der Waals surface area contributed by atoms with Crippen molar-refractivity contribution in [1.29, 1.82) is 0 Å². The molecule has 0 aliphatic carbocycles. The summed E-state index contributed by atoms with van der Waals surface area (Å²) in [5, 5.41) is 0. The summed E-state index contributed by atoms with van der Waals surface area (Å²) in [6.45, 7) is 8.48. The number of hydrogen-bond acceptors (Lipinski definition) is 5. The SMILES string of the molecule is CC(C)(C)OC(=O)N1CCN(C(=O)C2CCN(C(=O)OCc3ccccc3)C2)CC1. The third kappa shape index (κ3) is 5.87. The lowest BCUT2D eigenvalue weighted by atomic mass is 10.1. The summed E-state index contributed by atoms with van der Waals surface area (Å²) in [6.07, 6.45) is -0.0994. The zero-order valence-corrected chi connectivity index (χ0v) is 18.0. The molecule has 2 saturated heterocycles. The maximum Gasteiger partial charge on any atom is 0.410 e. The molecule has 8 nitrogen and oxygen atoms in total. The molecule has 1 unspecified atom stereocenters. The van der Waals surface area contributed by atoms with Crippen LogP contribution in [0.25, 0.3) is 0 Å². The van der Waals surface area contributed by atoms with Crippen molar-refractivity contribution in [2.45, 2.75) is 39.4 Å². The highest BCUT2D eigenvalue weighted by molar-refractivity contribution is 5.81. The van der Waals surface area contributed by atoms with Gasteiger partial charge < -0.3 is 24.2 Å². The summed E-state index contributed by atoms with van der Waals surface area (Å²) < 4.78 is 10.8. The highest BCUT2D eigenvalue weighted by Gasteiger charge is 2.36. The van der Waals surface area contributed by atoms with Gasteiger partial charge in [0.2, 0.25) is 5.91 Å². The molecule has 2 heterocycles. The number of hydrogen-bond donors (Lipinski definition) is 0. The Labute approximate surface area is 177 Å². The predicted octanol–water partition coefficient (Wildman–Crippen LogP) is 2.72. The van der Waals surface area contributed by atoms with E-state index in [-0.39, 0.29) is 30.6 Å². The Kier molecular flexibility index (Phi) is 6.84. The molecule has 0 radical (unpaired) electrons. The van der Waals surface area contributed by atoms with Crippen LogP contribution in [0, 0.1) is 5.92 Å². The van der Waals surface area contributed by atoms with Crippen LogP contribution in [-0.2, 0) is 20.9 Å². The predicted molar refractivity (Wildman–Crippen MR) is 111 cm³/mol. The molecule has 2 aliphatic heterocycles. The molecule has 0 N–H and O–H groups in total. The maximum absolute atomic E-state index is 12.9. The van der Waals surface area contributed by atoms with Crippen LogP contribution < -0.4 is 0 Å². The van der Waals surface area contributed by atoms with Crippen molar-refractivity contribution in [3.8, 4) is 0 Å². The van der Waals surface area contributed by atoms with Gasteiger partial charge >= 0.3 is 12.2 Å². The van der Waals surface area contributed by atoms with E-state index in [4.69, 9.17) is 9.47 Å². The Hall–Kier alpha value is -2.77. The largest absolute Gasteiger partial charge is 0.445 e. The Morgan fingerprint density at radius 1 is 0.900 bits per heavy atom. The molecule has 3 rings (SSSR count). The van der Waals surface area contributed by atoms with Gasteiger partial charge in [-0.25, -0.2) is 9.59 Å². The molecule has 2 aliphatic rings. The van der Waals surface area contributed by atoms with Crippen molar-refractivity contribution in [2.24, 2.45) is 5.92 Å². The van der Waals surface area contributed by atoms with E-state index in [9.17, 15) is 14.4 Å². The van der Waals surface area contributed by atoms with Crippen LogP contribution in [0.5, 0.6) is 0 Å². The molecule has 0 aromatic heterocycles. The van der Waals surface area contributed by atoms with Gasteiger partial charge in [0, 0.05) is 39.3 Å². The number of likely N-dealkylation sites (tertiary alicyclic amines) is 1. The molecule has 2 fully saturated rings. The topological polar surface area (TPSA) is 79.4 Å². The number of nitrogens with zero attached hydrogens (tertiary/aromatic N) is 3. The summed E-state index contributed by atoms with van der Waals surface area (Å²) in [7, 11) is 0. The molecule has 1 atom stereocenters. The fourth-order valence-electron chi connectivity index (χ4n) is 3.63. The van der Waals surface area contributed by atoms with Gasteiger partial charge in [-0.1, -0.05) is 30.3 Å². The normalized spacial score (nSPS) is 19.6. The Bertz CT molecular complexity index is 754. The zero-order chi connectivity index (χ0) is 21.7. The van der Waals surface area contributed by atoms with Gasteiger partial charge in [0.15, 0.2) is 0 Å². The van der Waals surface area contributed by atoms with E-state index in [2.05, 4.69) is 0 Å². The van der Waals surface area contributed by atoms with Gasteiger partial charge in [0.05, 0.1) is 5.92 Å². The average Bonchev–Trinajstić information content (AvgIpc) is 3.21. The van der Waals surface area contributed by atoms with Crippen LogP contribution in [0.15, 0.2) is 30.3 Å². The minimum absolute atomic E-state index is 0.0391. The second kappa shape index (κ2) is 9.36. The second-order valence-corrected chi connectivity index (χ2v) is 8.76. The van der Waals surface area contributed by atoms with Gasteiger partial charge in [0.1, 0.15) is 12.2 Å². The van der Waals surface area contributed by atoms with E-state index in [1.54, 1.807) is 14.7 Å². The monoisotopic (exact) mass is 417 g/mol. The van der Waals surface area contributed by atoms with Crippen molar-refractivity contribution in [3.05, 3.63) is 35.9 Å². The number of carbonyl (C=O) groups is 3. The number of piperazine rings is 1. The third-order valence-corrected chi connectivity index (χ3v) is 5.24. The molecule has 0 bridgehead atoms. The molecule has 3 amide bonds. The summed E-state index contributed by atoms with van der Waals surface area (Å²) in [6, 6.07) is 9.52. The Morgan fingerprint density at radius 2 is 1.53 bits per heavy atom. The highest BCUT2D eigenvalue weighted by Crippen LogP contribution is 2.21. The summed E-state index contributed by atoms with van der Waals surface area (Å²) in [4.78, 5) is 42.4. The minimum Gasteiger partial charge on any atom is -0.445 e. The number of rotatable bonds is 3. The average molecular weight is 418 g/mol. The second-order valence-electron chi connectivity index (χ2n) is 8.76. The van der Waals surface area contributed by atoms with E-state index in [0.717, 1.165) is 5.56 Å². The molecule has 30 heavy (non-hydrogen) atoms. The van der Waals surface area contributed by atoms with E-state index < -0.39 is 5.60 Å².